The van der Waals surface area contributed by atoms with Crippen LogP contribution in [0.2, 0.25) is 0 Å². The van der Waals surface area contributed by atoms with Gasteiger partial charge in [0, 0.05) is 134 Å². The monoisotopic (exact) mass is 1520 g/mol. The van der Waals surface area contributed by atoms with Gasteiger partial charge in [-0.2, -0.15) is 4.98 Å². The fourth-order valence-corrected chi connectivity index (χ4v) is 14.1. The molecule has 0 spiro atoms. The largest absolute Gasteiger partial charge is 0.459 e. The van der Waals surface area contributed by atoms with Crippen molar-refractivity contribution in [1.82, 2.24) is 35.5 Å². The van der Waals surface area contributed by atoms with Crippen molar-refractivity contribution in [2.75, 3.05) is 129 Å². The van der Waals surface area contributed by atoms with Crippen LogP contribution in [0.4, 0.5) is 22.5 Å². The molecule has 0 radical (unpaired) electrons. The highest BCUT2D eigenvalue weighted by molar-refractivity contribution is 6.39. The summed E-state index contributed by atoms with van der Waals surface area (Å²) in [5.74, 6) is -8.21. The number of carbonyl (C=O) groups is 8. The lowest BCUT2D eigenvalue weighted by molar-refractivity contribution is -0.265. The van der Waals surface area contributed by atoms with E-state index >= 15 is 0 Å². The number of esters is 1. The van der Waals surface area contributed by atoms with Crippen molar-refractivity contribution in [3.63, 3.8) is 0 Å². The summed E-state index contributed by atoms with van der Waals surface area (Å²) >= 11 is 0. The van der Waals surface area contributed by atoms with Crippen molar-refractivity contribution in [2.45, 2.75) is 199 Å². The maximum absolute atomic E-state index is 14.7. The molecule has 4 fully saturated rings. The average Bonchev–Trinajstić information content (AvgIpc) is 0.774. The molecular formula is C77H117N11O20. The quantitative estimate of drug-likeness (QED) is 0.0294. The molecule has 31 heteroatoms. The topological polar surface area (TPSA) is 407 Å². The molecule has 2 aromatic rings. The third-order valence-corrected chi connectivity index (χ3v) is 20.7. The van der Waals surface area contributed by atoms with Crippen LogP contribution in [0.25, 0.3) is 0 Å². The number of piperazine rings is 1. The summed E-state index contributed by atoms with van der Waals surface area (Å²) in [6.45, 7) is 17.4. The Balaban J connectivity index is 0.915. The van der Waals surface area contributed by atoms with Gasteiger partial charge in [0.1, 0.15) is 47.8 Å². The number of allylic oxidation sites excluding steroid dienone is 6. The molecule has 2 bridgehead atoms. The van der Waals surface area contributed by atoms with Crippen LogP contribution in [0.1, 0.15) is 148 Å². The number of carbonyl (C=O) groups excluding carboxylic acids is 8. The highest BCUT2D eigenvalue weighted by Gasteiger charge is 2.53. The molecule has 1 aliphatic carbocycles. The molecule has 0 aromatic carbocycles. The number of aromatic nitrogens is 4. The summed E-state index contributed by atoms with van der Waals surface area (Å²) in [6.07, 6.45) is 12.9. The lowest BCUT2D eigenvalue weighted by Gasteiger charge is -2.42. The van der Waals surface area contributed by atoms with Gasteiger partial charge >= 0.3 is 12.1 Å². The zero-order valence-corrected chi connectivity index (χ0v) is 64.6. The zero-order valence-electron chi connectivity index (χ0n) is 64.6. The maximum Gasteiger partial charge on any atom is 0.407 e. The van der Waals surface area contributed by atoms with E-state index in [9.17, 15) is 48.6 Å². The maximum atomic E-state index is 14.7. The molecule has 15 atom stereocenters. The number of nitrogens with zero attached hydrogens (tertiary/aromatic N) is 7. The van der Waals surface area contributed by atoms with Gasteiger partial charge in [0.15, 0.2) is 5.78 Å². The van der Waals surface area contributed by atoms with Gasteiger partial charge in [0.25, 0.3) is 17.6 Å². The average molecular weight is 1520 g/mol. The van der Waals surface area contributed by atoms with Gasteiger partial charge < -0.3 is 94.4 Å². The number of hydrogen-bond acceptors (Lipinski definition) is 28. The second-order valence-corrected chi connectivity index (χ2v) is 29.0. The van der Waals surface area contributed by atoms with Crippen molar-refractivity contribution in [1.29, 1.82) is 0 Å². The highest BCUT2D eigenvalue weighted by Crippen LogP contribution is 2.38. The van der Waals surface area contributed by atoms with E-state index in [0.29, 0.717) is 153 Å². The highest BCUT2D eigenvalue weighted by atomic mass is 16.6. The van der Waals surface area contributed by atoms with E-state index in [2.05, 4.69) is 30.6 Å². The van der Waals surface area contributed by atoms with Gasteiger partial charge in [0.2, 0.25) is 17.7 Å². The van der Waals surface area contributed by atoms with Crippen LogP contribution >= 0.6 is 0 Å². The number of Topliss-reactive ketones (excluding diaryl/α,β-unsaturated/α-hetero) is 4. The van der Waals surface area contributed by atoms with Crippen LogP contribution in [0.5, 0.6) is 0 Å². The van der Waals surface area contributed by atoms with Crippen LogP contribution in [0.15, 0.2) is 66.2 Å². The predicted octanol–water partition coefficient (Wildman–Crippen LogP) is 5.07. The molecule has 3 saturated heterocycles. The SMILES string of the molecule is CO[C@H]1C[C@@H]2CC[C@@H](C)[C@@](O)(O2)C(=O)C(=O)N2CCCC[C@H]2C(=O)O[C@H]([C@H](N)C[C@@H]2CC[C@@H](OC(=O)NCc3cnc(N4CCN(c5ncc(C(=O)NCCOCCOCCOCCOCCC(C)=O)c(N)n5)CC4)nc3)[C@H](OC)C2)CC(=O)[C@H](C)/C=C(\C)[C@@H](O)[C@@H](OC)C(=O)[C@H](C)C[C@H](C)/C=C/C=C/C=C/1C. The van der Waals surface area contributed by atoms with E-state index in [0.717, 1.165) is 10.5 Å². The first-order valence-corrected chi connectivity index (χ1v) is 38.0. The fourth-order valence-electron chi connectivity index (χ4n) is 14.1. The minimum atomic E-state index is -2.51. The summed E-state index contributed by atoms with van der Waals surface area (Å²) in [6, 6.07) is -2.24. The number of ether oxygens (including phenoxy) is 10. The summed E-state index contributed by atoms with van der Waals surface area (Å²) in [4.78, 5) is 132. The Hall–Kier alpha value is -7.56. The van der Waals surface area contributed by atoms with Gasteiger partial charge in [-0.3, -0.25) is 28.8 Å². The Kier molecular flexibility index (Phi) is 36.0. The first kappa shape index (κ1) is 87.7. The molecule has 0 unspecified atom stereocenters. The van der Waals surface area contributed by atoms with Crippen LogP contribution in [-0.2, 0) is 82.7 Å². The Labute approximate surface area is 634 Å². The van der Waals surface area contributed by atoms with E-state index < -0.39 is 114 Å². The molecule has 1 saturated carbocycles. The number of rotatable bonds is 27. The number of methoxy groups -OCH3 is 3. The number of nitrogens with one attached hydrogen (secondary N) is 2. The zero-order chi connectivity index (χ0) is 78.5. The Morgan fingerprint density at radius 3 is 2.04 bits per heavy atom. The van der Waals surface area contributed by atoms with Crippen molar-refractivity contribution >= 4 is 64.7 Å². The van der Waals surface area contributed by atoms with Crippen LogP contribution < -0.4 is 31.9 Å². The standard InChI is InChI=1S/C77H117N11O20/c1-48-16-12-11-13-17-49(2)63(99-8)42-57-21-19-53(6)77(98,108-57)69(93)72(95)88-25-15-14-18-60(88)73(96)106-64(43-61(90)50(3)39-52(5)67(92)68(101-10)66(91)51(4)38-48)59(78)40-55-20-22-62(65(41-55)100-9)107-76(97)84-46-56-44-81-74(82-45-56)86-26-28-87(29-27-86)75-83-47-58(70(79)85-75)71(94)80-24-31-103-33-35-105-37-36-104-34-32-102-30-23-54(7)89/h11-13,16-17,39,44-45,47-48,50-51,53,55,57,59-60,62-65,67-68,92,98H,14-15,18-38,40-43,46,78H2,1-10H3,(H,80,94)(H,84,97)(H2,79,83,85)/b13-11+,16-12+,49-17+,52-39+/t48-,50-,51-,53-,55+,57+,59-,60+,62-,63+,64+,65-,67-,68+,77-/m1/s1. The number of cyclic esters (lactones) is 1. The van der Waals surface area contributed by atoms with Crippen molar-refractivity contribution in [2.24, 2.45) is 35.3 Å². The van der Waals surface area contributed by atoms with Gasteiger partial charge in [0.05, 0.1) is 76.7 Å². The van der Waals surface area contributed by atoms with E-state index in [1.165, 1.54) is 27.3 Å². The first-order chi connectivity index (χ1) is 51.7. The Bertz CT molecular complexity index is 3390. The summed E-state index contributed by atoms with van der Waals surface area (Å²) in [5, 5.41) is 29.3. The van der Waals surface area contributed by atoms with Gasteiger partial charge in [-0.25, -0.2) is 24.5 Å². The number of amides is 3. The number of nitrogens with two attached hydrogens (primary N) is 2. The lowest BCUT2D eigenvalue weighted by Crippen LogP contribution is -2.61. The van der Waals surface area contributed by atoms with E-state index in [4.69, 9.17) is 58.8 Å². The minimum absolute atomic E-state index is 0.00225. The number of nitrogen functional groups attached to an aromatic ring is 1. The van der Waals surface area contributed by atoms with E-state index in [1.807, 2.05) is 54.0 Å². The molecule has 600 valence electrons. The molecule has 31 nitrogen and oxygen atoms in total. The van der Waals surface area contributed by atoms with Crippen LogP contribution in [-0.4, -0.2) is 256 Å². The summed E-state index contributed by atoms with van der Waals surface area (Å²) in [7, 11) is 4.42. The van der Waals surface area contributed by atoms with Crippen molar-refractivity contribution in [3.05, 3.63) is 77.3 Å². The molecule has 108 heavy (non-hydrogen) atoms. The number of aliphatic hydroxyl groups is 2. The molecule has 6 heterocycles. The number of alkyl carbamates (subject to hydrolysis) is 1. The minimum Gasteiger partial charge on any atom is -0.459 e. The smallest absolute Gasteiger partial charge is 0.407 e. The number of piperidine rings is 1. The molecule has 8 N–H and O–H groups in total. The molecule has 3 amide bonds. The van der Waals surface area contributed by atoms with Crippen LogP contribution in [0.3, 0.4) is 0 Å². The molecule has 2 aromatic heterocycles. The Morgan fingerprint density at radius 1 is 0.731 bits per heavy atom. The first-order valence-electron chi connectivity index (χ1n) is 38.0. The fraction of sp³-hybridized carbons (Fsp3) is 0.688. The molecule has 5 aliphatic rings. The molecule has 4 aliphatic heterocycles. The molecule has 7 rings (SSSR count). The number of anilines is 3. The second kappa shape index (κ2) is 44.3. The summed E-state index contributed by atoms with van der Waals surface area (Å²) in [5.41, 5.74) is 15.2. The third-order valence-electron chi connectivity index (χ3n) is 20.7. The molecular weight excluding hydrogens is 1400 g/mol. The Morgan fingerprint density at radius 2 is 1.39 bits per heavy atom. The second-order valence-electron chi connectivity index (χ2n) is 29.0. The van der Waals surface area contributed by atoms with Gasteiger partial charge in [-0.1, -0.05) is 64.2 Å². The number of fused-ring (bicyclic) bond motifs is 3. The van der Waals surface area contributed by atoms with E-state index in [-0.39, 0.29) is 86.7 Å². The third kappa shape index (κ3) is 26.3. The van der Waals surface area contributed by atoms with Gasteiger partial charge in [-0.15, -0.1) is 0 Å². The van der Waals surface area contributed by atoms with Crippen LogP contribution in [0, 0.1) is 29.6 Å². The number of ketones is 4. The van der Waals surface area contributed by atoms with E-state index in [1.54, 1.807) is 53.3 Å². The summed E-state index contributed by atoms with van der Waals surface area (Å²) < 4.78 is 57.6. The number of aliphatic hydroxyl groups excluding tert-OH is 1. The van der Waals surface area contributed by atoms with Crippen molar-refractivity contribution < 1.29 is 95.9 Å². The van der Waals surface area contributed by atoms with Crippen molar-refractivity contribution in [3.8, 4) is 0 Å². The predicted molar refractivity (Wildman–Crippen MR) is 399 cm³/mol. The van der Waals surface area contributed by atoms with Gasteiger partial charge in [-0.05, 0) is 108 Å². The number of hydrogen-bond donors (Lipinski definition) is 6. The normalized spacial score (nSPS) is 29.7. The lowest BCUT2D eigenvalue weighted by atomic mass is 9.80.